The molecule has 1 aromatic carbocycles. The van der Waals surface area contributed by atoms with Crippen LogP contribution in [0.25, 0.3) is 0 Å². The van der Waals surface area contributed by atoms with E-state index in [9.17, 15) is 10.4 Å². The number of anilines is 2. The lowest BCUT2D eigenvalue weighted by molar-refractivity contribution is 0.375. The number of benzene rings is 1. The van der Waals surface area contributed by atoms with Crippen LogP contribution >= 0.6 is 0 Å². The first-order valence-corrected chi connectivity index (χ1v) is 7.78. The summed E-state index contributed by atoms with van der Waals surface area (Å²) in [5, 5.41) is 19.1. The molecule has 4 N–H and O–H groups in total. The highest BCUT2D eigenvalue weighted by atomic mass is 16.5. The molecule has 0 bridgehead atoms. The highest BCUT2D eigenvalue weighted by Gasteiger charge is 2.24. The van der Waals surface area contributed by atoms with E-state index in [1.165, 1.54) is 23.1 Å². The van der Waals surface area contributed by atoms with Crippen molar-refractivity contribution in [2.45, 2.75) is 65.2 Å². The fraction of sp³-hybridized carbons (Fsp3) is 0.625. The Morgan fingerprint density at radius 2 is 1.35 bits per heavy atom. The Kier molecular flexibility index (Phi) is 5.26. The minimum atomic E-state index is 0.665. The number of fused-ring (bicyclic) bond motifs is 1. The van der Waals surface area contributed by atoms with E-state index in [0.29, 0.717) is 11.4 Å². The summed E-state index contributed by atoms with van der Waals surface area (Å²) < 4.78 is 0. The SMILES string of the molecule is CCCc1c2c(c(NO)c(NO)c1CCC)CCCC2. The molecular formula is C16H26N2O2. The molecular weight excluding hydrogens is 252 g/mol. The fourth-order valence-electron chi connectivity index (χ4n) is 3.47. The van der Waals surface area contributed by atoms with Crippen molar-refractivity contribution in [3.63, 3.8) is 0 Å². The first-order valence-electron chi connectivity index (χ1n) is 7.78. The van der Waals surface area contributed by atoms with Crippen LogP contribution in [0.15, 0.2) is 0 Å². The maximum absolute atomic E-state index is 9.55. The predicted molar refractivity (Wildman–Crippen MR) is 81.9 cm³/mol. The highest BCUT2D eigenvalue weighted by Crippen LogP contribution is 2.41. The van der Waals surface area contributed by atoms with E-state index in [0.717, 1.165) is 50.5 Å². The molecule has 1 aliphatic carbocycles. The molecule has 0 heterocycles. The third-order valence-corrected chi connectivity index (χ3v) is 4.27. The van der Waals surface area contributed by atoms with Crippen LogP contribution in [0.2, 0.25) is 0 Å². The summed E-state index contributed by atoms with van der Waals surface area (Å²) in [7, 11) is 0. The molecule has 112 valence electrons. The summed E-state index contributed by atoms with van der Waals surface area (Å²) in [6, 6.07) is 0. The second kappa shape index (κ2) is 6.95. The Morgan fingerprint density at radius 3 is 1.90 bits per heavy atom. The van der Waals surface area contributed by atoms with Gasteiger partial charge in [-0.2, -0.15) is 0 Å². The van der Waals surface area contributed by atoms with Crippen LogP contribution in [-0.4, -0.2) is 10.4 Å². The van der Waals surface area contributed by atoms with Gasteiger partial charge in [0.15, 0.2) is 0 Å². The summed E-state index contributed by atoms with van der Waals surface area (Å²) in [6.07, 6.45) is 8.49. The van der Waals surface area contributed by atoms with Crippen LogP contribution in [0.3, 0.4) is 0 Å². The van der Waals surface area contributed by atoms with Crippen molar-refractivity contribution in [3.05, 3.63) is 22.3 Å². The number of hydrogen-bond acceptors (Lipinski definition) is 4. The third-order valence-electron chi connectivity index (χ3n) is 4.27. The van der Waals surface area contributed by atoms with Gasteiger partial charge in [-0.05, 0) is 60.8 Å². The monoisotopic (exact) mass is 278 g/mol. The van der Waals surface area contributed by atoms with Gasteiger partial charge in [-0.1, -0.05) is 26.7 Å². The summed E-state index contributed by atoms with van der Waals surface area (Å²) in [4.78, 5) is 0. The van der Waals surface area contributed by atoms with E-state index < -0.39 is 0 Å². The summed E-state index contributed by atoms with van der Waals surface area (Å²) in [5.74, 6) is 0. The van der Waals surface area contributed by atoms with Crippen molar-refractivity contribution in [2.24, 2.45) is 0 Å². The molecule has 0 spiro atoms. The number of hydrogen-bond donors (Lipinski definition) is 4. The van der Waals surface area contributed by atoms with Crippen LogP contribution in [0.4, 0.5) is 11.4 Å². The molecule has 20 heavy (non-hydrogen) atoms. The molecule has 0 aromatic heterocycles. The molecule has 0 saturated heterocycles. The van der Waals surface area contributed by atoms with Crippen LogP contribution in [0, 0.1) is 0 Å². The highest BCUT2D eigenvalue weighted by molar-refractivity contribution is 5.78. The largest absolute Gasteiger partial charge is 0.291 e. The quantitative estimate of drug-likeness (QED) is 0.592. The zero-order valence-corrected chi connectivity index (χ0v) is 12.6. The van der Waals surface area contributed by atoms with Gasteiger partial charge in [-0.15, -0.1) is 0 Å². The average molecular weight is 278 g/mol. The Bertz CT molecular complexity index is 447. The van der Waals surface area contributed by atoms with Crippen LogP contribution in [0.1, 0.15) is 61.8 Å². The van der Waals surface area contributed by atoms with Crippen molar-refractivity contribution < 1.29 is 10.4 Å². The first kappa shape index (κ1) is 15.1. The number of rotatable bonds is 6. The smallest absolute Gasteiger partial charge is 0.0894 e. The molecule has 4 nitrogen and oxygen atoms in total. The lowest BCUT2D eigenvalue weighted by atomic mass is 9.81. The van der Waals surface area contributed by atoms with Crippen molar-refractivity contribution >= 4 is 11.4 Å². The van der Waals surface area contributed by atoms with E-state index in [-0.39, 0.29) is 0 Å². The van der Waals surface area contributed by atoms with E-state index in [1.807, 2.05) is 0 Å². The zero-order valence-electron chi connectivity index (χ0n) is 12.6. The molecule has 1 aliphatic rings. The van der Waals surface area contributed by atoms with E-state index >= 15 is 0 Å². The van der Waals surface area contributed by atoms with Gasteiger partial charge in [-0.25, -0.2) is 0 Å². The molecule has 0 fully saturated rings. The van der Waals surface area contributed by atoms with Gasteiger partial charge in [0, 0.05) is 0 Å². The molecule has 2 rings (SSSR count). The van der Waals surface area contributed by atoms with Gasteiger partial charge < -0.3 is 0 Å². The number of nitrogens with one attached hydrogen (secondary N) is 2. The van der Waals surface area contributed by atoms with Crippen molar-refractivity contribution in [3.8, 4) is 0 Å². The normalized spacial score (nSPS) is 14.0. The molecule has 0 atom stereocenters. The Balaban J connectivity index is 2.68. The van der Waals surface area contributed by atoms with Gasteiger partial charge in [0.2, 0.25) is 0 Å². The average Bonchev–Trinajstić information content (AvgIpc) is 2.49. The second-order valence-electron chi connectivity index (χ2n) is 5.59. The van der Waals surface area contributed by atoms with E-state index in [2.05, 4.69) is 24.8 Å². The maximum atomic E-state index is 9.55. The Morgan fingerprint density at radius 1 is 0.800 bits per heavy atom. The molecule has 0 saturated carbocycles. The lowest BCUT2D eigenvalue weighted by Crippen LogP contribution is -2.16. The topological polar surface area (TPSA) is 64.5 Å². The third kappa shape index (κ3) is 2.63. The standard InChI is InChI=1S/C16H26N2O2/c1-3-7-11-12-9-5-6-10-14(12)16(18-20)15(17-19)13(11)8-4-2/h17-20H,3-10H2,1-2H3. The Hall–Kier alpha value is -1.26. The van der Waals surface area contributed by atoms with E-state index in [1.54, 1.807) is 0 Å². The summed E-state index contributed by atoms with van der Waals surface area (Å²) in [5.41, 5.74) is 11.1. The van der Waals surface area contributed by atoms with Crippen LogP contribution < -0.4 is 11.0 Å². The van der Waals surface area contributed by atoms with Crippen LogP contribution in [0.5, 0.6) is 0 Å². The second-order valence-corrected chi connectivity index (χ2v) is 5.59. The fourth-order valence-corrected chi connectivity index (χ4v) is 3.47. The molecule has 0 aliphatic heterocycles. The van der Waals surface area contributed by atoms with Gasteiger partial charge in [-0.3, -0.25) is 21.4 Å². The molecule has 0 radical (unpaired) electrons. The lowest BCUT2D eigenvalue weighted by Gasteiger charge is -2.28. The molecule has 1 aromatic rings. The predicted octanol–water partition coefficient (Wildman–Crippen LogP) is 4.07. The van der Waals surface area contributed by atoms with E-state index in [4.69, 9.17) is 0 Å². The van der Waals surface area contributed by atoms with Gasteiger partial charge in [0.25, 0.3) is 0 Å². The minimum absolute atomic E-state index is 0.665. The van der Waals surface area contributed by atoms with Crippen molar-refractivity contribution in [2.75, 3.05) is 11.0 Å². The molecule has 0 unspecified atom stereocenters. The molecule has 0 amide bonds. The van der Waals surface area contributed by atoms with Gasteiger partial charge in [0.1, 0.15) is 0 Å². The zero-order chi connectivity index (χ0) is 14.5. The summed E-state index contributed by atoms with van der Waals surface area (Å²) in [6.45, 7) is 4.33. The minimum Gasteiger partial charge on any atom is -0.291 e. The van der Waals surface area contributed by atoms with Crippen molar-refractivity contribution in [1.82, 2.24) is 0 Å². The maximum Gasteiger partial charge on any atom is 0.0894 e. The summed E-state index contributed by atoms with van der Waals surface area (Å²) >= 11 is 0. The first-order chi connectivity index (χ1) is 9.78. The molecule has 4 heteroatoms. The van der Waals surface area contributed by atoms with Crippen molar-refractivity contribution in [1.29, 1.82) is 0 Å². The van der Waals surface area contributed by atoms with Gasteiger partial charge in [0.05, 0.1) is 11.4 Å². The Labute approximate surface area is 121 Å². The van der Waals surface area contributed by atoms with Crippen LogP contribution in [-0.2, 0) is 25.7 Å². The van der Waals surface area contributed by atoms with Gasteiger partial charge >= 0.3 is 0 Å².